The molecule has 5 atom stereocenters. The fourth-order valence-corrected chi connectivity index (χ4v) is 4.81. The highest BCUT2D eigenvalue weighted by Crippen LogP contribution is 2.42. The van der Waals surface area contributed by atoms with Gasteiger partial charge >= 0.3 is 0 Å². The molecule has 1 fully saturated rings. The van der Waals surface area contributed by atoms with Gasteiger partial charge in [-0.2, -0.15) is 0 Å². The molecular weight excluding hydrogens is 374 g/mol. The standard InChI is InChI=1S/C18H22ClN3O3S/c1-3-8-22(2)17(25)12-9-13(23)15(24)14-16(12)26-18(21-14)20-11-6-4-10(19)5-7-11/h3-7,12-16,23-24H,1,8-9H2,2H3,(H,20,21)/t12-,13+,14-,15-,16+/m0/s1. The number of aliphatic hydroxyl groups is 2. The predicted molar refractivity (Wildman–Crippen MR) is 106 cm³/mol. The van der Waals surface area contributed by atoms with E-state index in [9.17, 15) is 15.0 Å². The molecule has 0 radical (unpaired) electrons. The van der Waals surface area contributed by atoms with Crippen LogP contribution in [0.3, 0.4) is 0 Å². The first-order valence-corrected chi connectivity index (χ1v) is 9.65. The van der Waals surface area contributed by atoms with Crippen molar-refractivity contribution in [3.8, 4) is 0 Å². The first-order chi connectivity index (χ1) is 12.4. The second-order valence-electron chi connectivity index (χ2n) is 6.55. The number of aliphatic imine (C=N–C) groups is 1. The van der Waals surface area contributed by atoms with Gasteiger partial charge in [-0.1, -0.05) is 29.4 Å². The van der Waals surface area contributed by atoms with Crippen molar-refractivity contribution in [3.05, 3.63) is 41.9 Å². The smallest absolute Gasteiger partial charge is 0.227 e. The van der Waals surface area contributed by atoms with Gasteiger partial charge in [-0.05, 0) is 30.7 Å². The summed E-state index contributed by atoms with van der Waals surface area (Å²) in [5.74, 6) is -0.483. The number of aliphatic hydroxyl groups excluding tert-OH is 2. The minimum absolute atomic E-state index is 0.0682. The normalized spacial score (nSPS) is 30.3. The summed E-state index contributed by atoms with van der Waals surface area (Å²) in [7, 11) is 1.71. The molecule has 0 bridgehead atoms. The molecule has 1 aliphatic heterocycles. The van der Waals surface area contributed by atoms with Crippen LogP contribution in [0.2, 0.25) is 5.02 Å². The molecular formula is C18H22ClN3O3S. The van der Waals surface area contributed by atoms with Crippen LogP contribution >= 0.6 is 23.4 Å². The molecule has 26 heavy (non-hydrogen) atoms. The largest absolute Gasteiger partial charge is 0.390 e. The number of carbonyl (C=O) groups excluding carboxylic acids is 1. The first kappa shape index (κ1) is 19.2. The SMILES string of the molecule is C=CCN(C)C(=O)[C@H]1C[C@@H](O)[C@H](O)[C@@H]2N=C(Nc3ccc(Cl)cc3)S[C@@H]21. The number of hydrogen-bond acceptors (Lipinski definition) is 6. The van der Waals surface area contributed by atoms with Crippen molar-refractivity contribution in [3.63, 3.8) is 0 Å². The van der Waals surface area contributed by atoms with E-state index in [1.807, 2.05) is 12.1 Å². The van der Waals surface area contributed by atoms with E-state index in [0.29, 0.717) is 16.7 Å². The van der Waals surface area contributed by atoms with Crippen molar-refractivity contribution in [1.29, 1.82) is 0 Å². The van der Waals surface area contributed by atoms with Crippen LogP contribution in [0.15, 0.2) is 41.9 Å². The number of nitrogens with zero attached hydrogens (tertiary/aromatic N) is 2. The molecule has 1 amide bonds. The lowest BCUT2D eigenvalue weighted by molar-refractivity contribution is -0.138. The van der Waals surface area contributed by atoms with Crippen LogP contribution in [-0.4, -0.2) is 63.3 Å². The second-order valence-corrected chi connectivity index (χ2v) is 8.15. The lowest BCUT2D eigenvalue weighted by atomic mass is 9.80. The molecule has 1 heterocycles. The van der Waals surface area contributed by atoms with E-state index in [-0.39, 0.29) is 17.6 Å². The zero-order valence-corrected chi connectivity index (χ0v) is 16.0. The van der Waals surface area contributed by atoms with Gasteiger partial charge in [0.2, 0.25) is 5.91 Å². The number of amidine groups is 1. The highest BCUT2D eigenvalue weighted by Gasteiger charge is 2.50. The lowest BCUT2D eigenvalue weighted by Crippen LogP contribution is -2.54. The molecule has 0 aromatic heterocycles. The maximum Gasteiger partial charge on any atom is 0.227 e. The Morgan fingerprint density at radius 1 is 1.46 bits per heavy atom. The number of fused-ring (bicyclic) bond motifs is 1. The molecule has 6 nitrogen and oxygen atoms in total. The van der Waals surface area contributed by atoms with Crippen LogP contribution in [0.5, 0.6) is 0 Å². The molecule has 1 aliphatic carbocycles. The Balaban J connectivity index is 1.77. The van der Waals surface area contributed by atoms with Gasteiger partial charge in [-0.25, -0.2) is 0 Å². The van der Waals surface area contributed by atoms with Gasteiger partial charge in [0, 0.05) is 29.6 Å². The number of amides is 1. The van der Waals surface area contributed by atoms with Gasteiger partial charge in [0.15, 0.2) is 5.17 Å². The van der Waals surface area contributed by atoms with Gasteiger partial charge < -0.3 is 20.4 Å². The number of rotatable bonds is 4. The molecule has 0 spiro atoms. The van der Waals surface area contributed by atoms with E-state index >= 15 is 0 Å². The highest BCUT2D eigenvalue weighted by atomic mass is 35.5. The Morgan fingerprint density at radius 3 is 2.81 bits per heavy atom. The number of carbonyl (C=O) groups is 1. The van der Waals surface area contributed by atoms with Crippen molar-refractivity contribution in [1.82, 2.24) is 4.90 Å². The summed E-state index contributed by atoms with van der Waals surface area (Å²) in [5.41, 5.74) is 0.820. The maximum absolute atomic E-state index is 12.8. The monoisotopic (exact) mass is 395 g/mol. The molecule has 140 valence electrons. The fraction of sp³-hybridized carbons (Fsp3) is 0.444. The van der Waals surface area contributed by atoms with Gasteiger partial charge in [0.25, 0.3) is 0 Å². The van der Waals surface area contributed by atoms with E-state index in [1.165, 1.54) is 11.8 Å². The first-order valence-electron chi connectivity index (χ1n) is 8.39. The Bertz CT molecular complexity index is 712. The number of hydrogen-bond donors (Lipinski definition) is 3. The number of anilines is 1. The summed E-state index contributed by atoms with van der Waals surface area (Å²) in [5, 5.41) is 24.8. The zero-order chi connectivity index (χ0) is 18.8. The van der Waals surface area contributed by atoms with Crippen LogP contribution in [0.25, 0.3) is 0 Å². The molecule has 3 N–H and O–H groups in total. The molecule has 0 saturated heterocycles. The number of halogens is 1. The van der Waals surface area contributed by atoms with Crippen molar-refractivity contribution < 1.29 is 15.0 Å². The number of benzene rings is 1. The Kier molecular flexibility index (Phi) is 5.92. The van der Waals surface area contributed by atoms with E-state index in [2.05, 4.69) is 16.9 Å². The van der Waals surface area contributed by atoms with Crippen molar-refractivity contribution in [2.45, 2.75) is 29.9 Å². The van der Waals surface area contributed by atoms with E-state index in [4.69, 9.17) is 11.6 Å². The second kappa shape index (κ2) is 8.00. The third kappa shape index (κ3) is 3.91. The number of likely N-dealkylation sites (N-methyl/N-ethyl adjacent to an activating group) is 1. The Labute approximate surface area is 161 Å². The summed E-state index contributed by atoms with van der Waals surface area (Å²) in [6.45, 7) is 4.09. The van der Waals surface area contributed by atoms with Crippen molar-refractivity contribution in [2.24, 2.45) is 10.9 Å². The molecule has 1 aromatic carbocycles. The summed E-state index contributed by atoms with van der Waals surface area (Å²) in [6.07, 6.45) is -0.0679. The number of nitrogens with one attached hydrogen (secondary N) is 1. The Morgan fingerprint density at radius 2 is 2.15 bits per heavy atom. The van der Waals surface area contributed by atoms with Crippen LogP contribution < -0.4 is 5.32 Å². The van der Waals surface area contributed by atoms with Crippen molar-refractivity contribution >= 4 is 40.1 Å². The number of thioether (sulfide) groups is 1. The van der Waals surface area contributed by atoms with Crippen LogP contribution in [0.4, 0.5) is 5.69 Å². The van der Waals surface area contributed by atoms with E-state index < -0.39 is 24.2 Å². The van der Waals surface area contributed by atoms with E-state index in [0.717, 1.165) is 5.69 Å². The molecule has 1 saturated carbocycles. The fourth-order valence-electron chi connectivity index (χ4n) is 3.32. The van der Waals surface area contributed by atoms with E-state index in [1.54, 1.807) is 30.2 Å². The average molecular weight is 396 g/mol. The van der Waals surface area contributed by atoms with Crippen LogP contribution in [0, 0.1) is 5.92 Å². The van der Waals surface area contributed by atoms with Gasteiger partial charge in [0.1, 0.15) is 6.10 Å². The van der Waals surface area contributed by atoms with Crippen LogP contribution in [0.1, 0.15) is 6.42 Å². The predicted octanol–water partition coefficient (Wildman–Crippen LogP) is 1.98. The van der Waals surface area contributed by atoms with Gasteiger partial charge in [0.05, 0.1) is 18.1 Å². The lowest BCUT2D eigenvalue weighted by Gasteiger charge is -2.38. The molecule has 2 aliphatic rings. The van der Waals surface area contributed by atoms with Gasteiger partial charge in [-0.3, -0.25) is 9.79 Å². The third-order valence-corrected chi connectivity index (χ3v) is 6.24. The molecule has 1 aromatic rings. The Hall–Kier alpha value is -1.54. The maximum atomic E-state index is 12.8. The van der Waals surface area contributed by atoms with Gasteiger partial charge in [-0.15, -0.1) is 6.58 Å². The topological polar surface area (TPSA) is 85.2 Å². The zero-order valence-electron chi connectivity index (χ0n) is 14.4. The third-order valence-electron chi connectivity index (χ3n) is 4.68. The average Bonchev–Trinajstić information content (AvgIpc) is 3.03. The summed E-state index contributed by atoms with van der Waals surface area (Å²) in [6, 6.07) is 6.68. The minimum atomic E-state index is -0.981. The highest BCUT2D eigenvalue weighted by molar-refractivity contribution is 8.15. The molecule has 0 unspecified atom stereocenters. The summed E-state index contributed by atoms with van der Waals surface area (Å²) in [4.78, 5) is 18.9. The van der Waals surface area contributed by atoms with Crippen LogP contribution in [-0.2, 0) is 4.79 Å². The quantitative estimate of drug-likeness (QED) is 0.679. The summed E-state index contributed by atoms with van der Waals surface area (Å²) >= 11 is 7.33. The van der Waals surface area contributed by atoms with Crippen molar-refractivity contribution in [2.75, 3.05) is 18.9 Å². The molecule has 3 rings (SSSR count). The minimum Gasteiger partial charge on any atom is -0.390 e. The summed E-state index contributed by atoms with van der Waals surface area (Å²) < 4.78 is 0. The molecule has 8 heteroatoms.